The number of carboxylic acid groups (broad SMARTS) is 1. The van der Waals surface area contributed by atoms with Gasteiger partial charge in [0.25, 0.3) is 0 Å². The van der Waals surface area contributed by atoms with Crippen molar-refractivity contribution in [1.82, 2.24) is 4.72 Å². The number of nitrogens with one attached hydrogen (secondary N) is 1. The summed E-state index contributed by atoms with van der Waals surface area (Å²) in [7, 11) is -3.72. The van der Waals surface area contributed by atoms with E-state index >= 15 is 0 Å². The molecule has 8 heteroatoms. The van der Waals surface area contributed by atoms with Crippen LogP contribution in [0.15, 0.2) is 27.6 Å². The van der Waals surface area contributed by atoms with Crippen LogP contribution in [0.25, 0.3) is 0 Å². The summed E-state index contributed by atoms with van der Waals surface area (Å²) in [5.74, 6) is -1.19. The summed E-state index contributed by atoms with van der Waals surface area (Å²) in [6.45, 7) is 3.37. The lowest BCUT2D eigenvalue weighted by atomic mass is 10.2. The van der Waals surface area contributed by atoms with Crippen molar-refractivity contribution >= 4 is 31.9 Å². The smallest absolute Gasteiger partial charge is 0.336 e. The highest BCUT2D eigenvalue weighted by molar-refractivity contribution is 9.10. The Bertz CT molecular complexity index is 588. The van der Waals surface area contributed by atoms with Crippen LogP contribution in [0.4, 0.5) is 0 Å². The van der Waals surface area contributed by atoms with E-state index in [1.807, 2.05) is 6.92 Å². The maximum Gasteiger partial charge on any atom is 0.336 e. The second kappa shape index (κ2) is 8.47. The zero-order valence-corrected chi connectivity index (χ0v) is 14.0. The van der Waals surface area contributed by atoms with Crippen molar-refractivity contribution < 1.29 is 23.1 Å². The van der Waals surface area contributed by atoms with Gasteiger partial charge in [-0.25, -0.2) is 17.9 Å². The molecule has 0 bridgehead atoms. The molecule has 0 radical (unpaired) electrons. The first-order valence-electron chi connectivity index (χ1n) is 6.48. The lowest BCUT2D eigenvalue weighted by molar-refractivity contribution is 0.0695. The minimum Gasteiger partial charge on any atom is -0.478 e. The van der Waals surface area contributed by atoms with Crippen molar-refractivity contribution in [3.63, 3.8) is 0 Å². The lowest BCUT2D eigenvalue weighted by Crippen LogP contribution is -2.26. The van der Waals surface area contributed by atoms with Crippen LogP contribution < -0.4 is 4.72 Å². The van der Waals surface area contributed by atoms with Crippen LogP contribution in [-0.2, 0) is 14.8 Å². The van der Waals surface area contributed by atoms with E-state index in [9.17, 15) is 13.2 Å². The van der Waals surface area contributed by atoms with E-state index in [2.05, 4.69) is 20.7 Å². The first-order valence-corrected chi connectivity index (χ1v) is 8.76. The largest absolute Gasteiger partial charge is 0.478 e. The fraction of sp³-hybridized carbons (Fsp3) is 0.462. The molecular weight excluding hydrogens is 362 g/mol. The van der Waals surface area contributed by atoms with Crippen LogP contribution in [0.2, 0.25) is 0 Å². The molecule has 0 aliphatic rings. The molecule has 0 aliphatic carbocycles. The minimum atomic E-state index is -3.72. The van der Waals surface area contributed by atoms with Gasteiger partial charge in [0.05, 0.1) is 10.5 Å². The van der Waals surface area contributed by atoms with Crippen LogP contribution in [0.3, 0.4) is 0 Å². The van der Waals surface area contributed by atoms with E-state index in [0.717, 1.165) is 12.5 Å². The Hall–Kier alpha value is -0.960. The van der Waals surface area contributed by atoms with Crippen molar-refractivity contribution in [2.24, 2.45) is 0 Å². The number of sulfonamides is 1. The highest BCUT2D eigenvalue weighted by Crippen LogP contribution is 2.21. The molecule has 1 aromatic rings. The molecule has 0 aromatic heterocycles. The average molecular weight is 380 g/mol. The Morgan fingerprint density at radius 3 is 2.71 bits per heavy atom. The third kappa shape index (κ3) is 5.74. The monoisotopic (exact) mass is 379 g/mol. The molecule has 2 N–H and O–H groups in total. The van der Waals surface area contributed by atoms with Crippen molar-refractivity contribution in [3.8, 4) is 0 Å². The molecule has 1 rings (SSSR count). The van der Waals surface area contributed by atoms with Gasteiger partial charge in [-0.2, -0.15) is 0 Å². The topological polar surface area (TPSA) is 92.7 Å². The van der Waals surface area contributed by atoms with Crippen LogP contribution in [0, 0.1) is 0 Å². The number of carbonyl (C=O) groups is 1. The highest BCUT2D eigenvalue weighted by atomic mass is 79.9. The molecule has 0 amide bonds. The molecule has 0 atom stereocenters. The molecular formula is C13H18BrNO5S. The maximum absolute atomic E-state index is 12.0. The van der Waals surface area contributed by atoms with Crippen molar-refractivity contribution in [2.45, 2.75) is 24.7 Å². The van der Waals surface area contributed by atoms with Crippen LogP contribution in [-0.4, -0.2) is 39.3 Å². The van der Waals surface area contributed by atoms with E-state index in [0.29, 0.717) is 24.1 Å². The summed E-state index contributed by atoms with van der Waals surface area (Å²) < 4.78 is 32.1. The van der Waals surface area contributed by atoms with Crippen LogP contribution in [0.1, 0.15) is 30.1 Å². The van der Waals surface area contributed by atoms with Crippen molar-refractivity contribution in [3.05, 3.63) is 28.2 Å². The van der Waals surface area contributed by atoms with E-state index in [4.69, 9.17) is 9.84 Å². The Labute approximate surface area is 132 Å². The van der Waals surface area contributed by atoms with Gasteiger partial charge in [-0.15, -0.1) is 0 Å². The SMILES string of the molecule is CCCOCCCNS(=O)(=O)c1ccc(Br)c(C(=O)O)c1. The standard InChI is InChI=1S/C13H18BrNO5S/c1-2-7-20-8-3-6-15-21(18,19)10-4-5-12(14)11(9-10)13(16)17/h4-5,9,15H,2-3,6-8H2,1H3,(H,16,17). The predicted octanol–water partition coefficient (Wildman–Crippen LogP) is 2.24. The van der Waals surface area contributed by atoms with Gasteiger partial charge in [0.15, 0.2) is 0 Å². The second-order valence-electron chi connectivity index (χ2n) is 4.31. The zero-order valence-electron chi connectivity index (χ0n) is 11.6. The summed E-state index contributed by atoms with van der Waals surface area (Å²) in [5.41, 5.74) is -0.0934. The van der Waals surface area contributed by atoms with Crippen molar-refractivity contribution in [1.29, 1.82) is 0 Å². The highest BCUT2D eigenvalue weighted by Gasteiger charge is 2.17. The molecule has 6 nitrogen and oxygen atoms in total. The van der Waals surface area contributed by atoms with Gasteiger partial charge in [-0.05, 0) is 47.0 Å². The quantitative estimate of drug-likeness (QED) is 0.641. The van der Waals surface area contributed by atoms with Gasteiger partial charge in [-0.3, -0.25) is 0 Å². The van der Waals surface area contributed by atoms with Crippen LogP contribution in [0.5, 0.6) is 0 Å². The molecule has 1 aromatic carbocycles. The number of hydrogen-bond donors (Lipinski definition) is 2. The molecule has 0 saturated heterocycles. The molecule has 0 fully saturated rings. The minimum absolute atomic E-state index is 0.0717. The third-order valence-corrected chi connectivity index (χ3v) is 4.73. The van der Waals surface area contributed by atoms with Crippen LogP contribution >= 0.6 is 15.9 Å². The summed E-state index contributed by atoms with van der Waals surface area (Å²) in [5, 5.41) is 8.99. The maximum atomic E-state index is 12.0. The Balaban J connectivity index is 2.66. The Kier molecular flexibility index (Phi) is 7.30. The first kappa shape index (κ1) is 18.1. The zero-order chi connectivity index (χ0) is 15.9. The number of carboxylic acids is 1. The number of rotatable bonds is 9. The van der Waals surface area contributed by atoms with Gasteiger partial charge in [0.2, 0.25) is 10.0 Å². The summed E-state index contributed by atoms with van der Waals surface area (Å²) in [4.78, 5) is 10.9. The average Bonchev–Trinajstić information content (AvgIpc) is 2.42. The van der Waals surface area contributed by atoms with Gasteiger partial charge < -0.3 is 9.84 Å². The molecule has 0 unspecified atom stereocenters. The first-order chi connectivity index (χ1) is 9.88. The van der Waals surface area contributed by atoms with Gasteiger partial charge in [0, 0.05) is 24.2 Å². The van der Waals surface area contributed by atoms with Gasteiger partial charge in [-0.1, -0.05) is 6.92 Å². The van der Waals surface area contributed by atoms with E-state index in [-0.39, 0.29) is 17.0 Å². The normalized spacial score (nSPS) is 11.5. The third-order valence-electron chi connectivity index (χ3n) is 2.58. The van der Waals surface area contributed by atoms with E-state index in [1.165, 1.54) is 12.1 Å². The summed E-state index contributed by atoms with van der Waals surface area (Å²) in [6.07, 6.45) is 1.48. The number of hydrogen-bond acceptors (Lipinski definition) is 4. The summed E-state index contributed by atoms with van der Waals surface area (Å²) in [6, 6.07) is 3.89. The molecule has 0 spiro atoms. The number of halogens is 1. The van der Waals surface area contributed by atoms with E-state index < -0.39 is 16.0 Å². The van der Waals surface area contributed by atoms with Gasteiger partial charge in [0.1, 0.15) is 0 Å². The second-order valence-corrected chi connectivity index (χ2v) is 6.93. The number of ether oxygens (including phenoxy) is 1. The summed E-state index contributed by atoms with van der Waals surface area (Å²) >= 11 is 3.07. The van der Waals surface area contributed by atoms with Crippen molar-refractivity contribution in [2.75, 3.05) is 19.8 Å². The van der Waals surface area contributed by atoms with Gasteiger partial charge >= 0.3 is 5.97 Å². The molecule has 0 heterocycles. The number of aromatic carboxylic acids is 1. The molecule has 118 valence electrons. The Morgan fingerprint density at radius 2 is 2.10 bits per heavy atom. The Morgan fingerprint density at radius 1 is 1.38 bits per heavy atom. The fourth-order valence-corrected chi connectivity index (χ4v) is 3.06. The lowest BCUT2D eigenvalue weighted by Gasteiger charge is -2.08. The number of benzene rings is 1. The van der Waals surface area contributed by atoms with E-state index in [1.54, 1.807) is 0 Å². The molecule has 0 aliphatic heterocycles. The predicted molar refractivity (Wildman–Crippen MR) is 82.0 cm³/mol. The fourth-order valence-electron chi connectivity index (χ4n) is 1.55. The molecule has 0 saturated carbocycles. The molecule has 21 heavy (non-hydrogen) atoms.